The molecule has 1 aromatic carbocycles. The van der Waals surface area contributed by atoms with Gasteiger partial charge >= 0.3 is 0 Å². The van der Waals surface area contributed by atoms with Crippen LogP contribution in [-0.2, 0) is 9.05 Å². The van der Waals surface area contributed by atoms with Crippen LogP contribution in [0.2, 0.25) is 0 Å². The molecule has 0 atom stereocenters. The number of halogens is 2. The third-order valence-corrected chi connectivity index (χ3v) is 4.80. The minimum Gasteiger partial charge on any atom is -0.494 e. The van der Waals surface area contributed by atoms with Gasteiger partial charge in [0.25, 0.3) is 15.0 Å². The van der Waals surface area contributed by atoms with Gasteiger partial charge in [-0.1, -0.05) is 6.92 Å². The summed E-state index contributed by atoms with van der Waals surface area (Å²) >= 11 is 3.21. The maximum absolute atomic E-state index is 12.4. The van der Waals surface area contributed by atoms with Crippen LogP contribution in [0.3, 0.4) is 0 Å². The first-order valence-electron chi connectivity index (χ1n) is 6.37. The minimum atomic E-state index is -4.02. The van der Waals surface area contributed by atoms with E-state index in [0.717, 1.165) is 6.42 Å². The van der Waals surface area contributed by atoms with Crippen molar-refractivity contribution in [2.24, 2.45) is 0 Å². The second-order valence-corrected chi connectivity index (χ2v) is 7.70. The fourth-order valence-corrected chi connectivity index (χ4v) is 3.71. The van der Waals surface area contributed by atoms with E-state index in [1.54, 1.807) is 4.90 Å². The summed E-state index contributed by atoms with van der Waals surface area (Å²) in [6, 6.07) is 2.78. The van der Waals surface area contributed by atoms with Crippen LogP contribution >= 0.6 is 26.6 Å². The van der Waals surface area contributed by atoms with E-state index in [1.807, 2.05) is 13.8 Å². The van der Waals surface area contributed by atoms with Crippen LogP contribution in [0.5, 0.6) is 5.75 Å². The molecule has 0 aliphatic rings. The van der Waals surface area contributed by atoms with Gasteiger partial charge in [-0.15, -0.1) is 0 Å². The Morgan fingerprint density at radius 1 is 1.38 bits per heavy atom. The van der Waals surface area contributed by atoms with Gasteiger partial charge in [0.2, 0.25) is 0 Å². The molecule has 0 aromatic heterocycles. The molecule has 8 heteroatoms. The number of amides is 1. The number of hydrogen-bond donors (Lipinski definition) is 0. The molecule has 0 aliphatic heterocycles. The van der Waals surface area contributed by atoms with Crippen molar-refractivity contribution in [3.63, 3.8) is 0 Å². The number of rotatable bonds is 6. The highest BCUT2D eigenvalue weighted by atomic mass is 79.9. The van der Waals surface area contributed by atoms with Gasteiger partial charge in [-0.25, -0.2) is 8.42 Å². The molecule has 0 aliphatic carbocycles. The number of nitrogens with zero attached hydrogens (tertiary/aromatic N) is 1. The summed E-state index contributed by atoms with van der Waals surface area (Å²) in [5, 5.41) is 0. The molecule has 21 heavy (non-hydrogen) atoms. The molecule has 0 spiro atoms. The lowest BCUT2D eigenvalue weighted by atomic mass is 10.2. The van der Waals surface area contributed by atoms with E-state index in [1.165, 1.54) is 19.2 Å². The van der Waals surface area contributed by atoms with Crippen molar-refractivity contribution in [3.8, 4) is 5.75 Å². The van der Waals surface area contributed by atoms with Crippen molar-refractivity contribution < 1.29 is 17.9 Å². The van der Waals surface area contributed by atoms with Crippen molar-refractivity contribution in [3.05, 3.63) is 22.2 Å². The van der Waals surface area contributed by atoms with E-state index in [0.29, 0.717) is 17.6 Å². The number of carbonyl (C=O) groups excluding carboxylic acids is 1. The minimum absolute atomic E-state index is 0.0834. The average Bonchev–Trinajstić information content (AvgIpc) is 2.42. The topological polar surface area (TPSA) is 63.7 Å². The standard InChI is InChI=1S/C13H17BrClNO4S/c1-4-6-16(5-2)13(17)9-7-10(14)12(20-3)11(8-9)21(15,18)19/h7-8H,4-6H2,1-3H3. The Hall–Kier alpha value is -0.790. The molecular formula is C13H17BrClNO4S. The van der Waals surface area contributed by atoms with Crippen LogP contribution in [0, 0.1) is 0 Å². The van der Waals surface area contributed by atoms with Gasteiger partial charge in [-0.3, -0.25) is 4.79 Å². The van der Waals surface area contributed by atoms with E-state index in [2.05, 4.69) is 15.9 Å². The van der Waals surface area contributed by atoms with Gasteiger partial charge in [-0.05, 0) is 41.4 Å². The Kier molecular flexibility index (Phi) is 6.49. The SMILES string of the molecule is CCCN(CC)C(=O)c1cc(Br)c(OC)c(S(=O)(=O)Cl)c1. The van der Waals surface area contributed by atoms with E-state index in [9.17, 15) is 13.2 Å². The third-order valence-electron chi connectivity index (χ3n) is 2.89. The second-order valence-electron chi connectivity index (χ2n) is 4.31. The van der Waals surface area contributed by atoms with E-state index >= 15 is 0 Å². The number of methoxy groups -OCH3 is 1. The van der Waals surface area contributed by atoms with Crippen molar-refractivity contribution in [2.45, 2.75) is 25.2 Å². The molecule has 0 radical (unpaired) electrons. The largest absolute Gasteiger partial charge is 0.494 e. The number of hydrogen-bond acceptors (Lipinski definition) is 4. The molecule has 1 rings (SSSR count). The third kappa shape index (κ3) is 4.34. The Morgan fingerprint density at radius 3 is 2.43 bits per heavy atom. The van der Waals surface area contributed by atoms with Crippen molar-refractivity contribution >= 4 is 41.6 Å². The van der Waals surface area contributed by atoms with Crippen molar-refractivity contribution in [1.29, 1.82) is 0 Å². The predicted molar refractivity (Wildman–Crippen MR) is 85.6 cm³/mol. The zero-order chi connectivity index (χ0) is 16.2. The van der Waals surface area contributed by atoms with Crippen LogP contribution in [0.15, 0.2) is 21.5 Å². The molecule has 5 nitrogen and oxygen atoms in total. The predicted octanol–water partition coefficient (Wildman–Crippen LogP) is 3.26. The lowest BCUT2D eigenvalue weighted by molar-refractivity contribution is 0.0764. The van der Waals surface area contributed by atoms with Crippen LogP contribution < -0.4 is 4.74 Å². The first kappa shape index (κ1) is 18.3. The highest BCUT2D eigenvalue weighted by molar-refractivity contribution is 9.10. The van der Waals surface area contributed by atoms with Gasteiger partial charge in [-0.2, -0.15) is 0 Å². The summed E-state index contributed by atoms with van der Waals surface area (Å²) in [7, 11) is 2.73. The molecule has 0 heterocycles. The molecule has 0 saturated heterocycles. The Labute approximate surface area is 137 Å². The summed E-state index contributed by atoms with van der Waals surface area (Å²) in [5.41, 5.74) is 0.247. The molecule has 0 N–H and O–H groups in total. The molecular weight excluding hydrogens is 382 g/mol. The van der Waals surface area contributed by atoms with E-state index in [4.69, 9.17) is 15.4 Å². The lowest BCUT2D eigenvalue weighted by Gasteiger charge is -2.21. The fourth-order valence-electron chi connectivity index (χ4n) is 1.93. The first-order valence-corrected chi connectivity index (χ1v) is 9.47. The zero-order valence-corrected chi connectivity index (χ0v) is 15.2. The van der Waals surface area contributed by atoms with Crippen LogP contribution in [0.25, 0.3) is 0 Å². The Morgan fingerprint density at radius 2 is 2.00 bits per heavy atom. The Bertz CT molecular complexity index is 633. The maximum Gasteiger partial charge on any atom is 0.265 e. The molecule has 1 aromatic rings. The molecule has 0 fully saturated rings. The monoisotopic (exact) mass is 397 g/mol. The highest BCUT2D eigenvalue weighted by Gasteiger charge is 2.24. The van der Waals surface area contributed by atoms with Crippen molar-refractivity contribution in [2.75, 3.05) is 20.2 Å². The van der Waals surface area contributed by atoms with Crippen molar-refractivity contribution in [1.82, 2.24) is 4.90 Å². The van der Waals surface area contributed by atoms with Gasteiger partial charge in [0.1, 0.15) is 4.90 Å². The zero-order valence-electron chi connectivity index (χ0n) is 12.0. The highest BCUT2D eigenvalue weighted by Crippen LogP contribution is 2.35. The maximum atomic E-state index is 12.4. The van der Waals surface area contributed by atoms with E-state index < -0.39 is 9.05 Å². The fraction of sp³-hybridized carbons (Fsp3) is 0.462. The summed E-state index contributed by atoms with van der Waals surface area (Å²) in [6.45, 7) is 4.97. The summed E-state index contributed by atoms with van der Waals surface area (Å²) in [5.74, 6) is -0.163. The molecule has 118 valence electrons. The Balaban J connectivity index is 3.40. The van der Waals surface area contributed by atoms with Gasteiger partial charge < -0.3 is 9.64 Å². The van der Waals surface area contributed by atoms with Gasteiger partial charge in [0.05, 0.1) is 11.6 Å². The molecule has 0 saturated carbocycles. The summed E-state index contributed by atoms with van der Waals surface area (Å²) in [6.07, 6.45) is 0.817. The molecule has 1 amide bonds. The van der Waals surface area contributed by atoms with Gasteiger partial charge in [0.15, 0.2) is 5.75 Å². The number of benzene rings is 1. The quantitative estimate of drug-likeness (QED) is 0.690. The summed E-state index contributed by atoms with van der Waals surface area (Å²) in [4.78, 5) is 13.8. The number of ether oxygens (including phenoxy) is 1. The van der Waals surface area contributed by atoms with Crippen LogP contribution in [0.1, 0.15) is 30.6 Å². The summed E-state index contributed by atoms with van der Waals surface area (Å²) < 4.78 is 28.7. The van der Waals surface area contributed by atoms with E-state index in [-0.39, 0.29) is 22.1 Å². The normalized spacial score (nSPS) is 11.3. The average molecular weight is 399 g/mol. The van der Waals surface area contributed by atoms with Gasteiger partial charge in [0, 0.05) is 29.3 Å². The second kappa shape index (κ2) is 7.47. The molecule has 0 unspecified atom stereocenters. The smallest absolute Gasteiger partial charge is 0.265 e. The molecule has 0 bridgehead atoms. The van der Waals surface area contributed by atoms with Crippen LogP contribution in [-0.4, -0.2) is 39.4 Å². The lowest BCUT2D eigenvalue weighted by Crippen LogP contribution is -2.31. The first-order chi connectivity index (χ1) is 9.76. The van der Waals surface area contributed by atoms with Crippen LogP contribution in [0.4, 0.5) is 0 Å². The number of carbonyl (C=O) groups is 1.